The van der Waals surface area contributed by atoms with E-state index in [0.29, 0.717) is 11.8 Å². The van der Waals surface area contributed by atoms with Crippen LogP contribution in [-0.4, -0.2) is 41.0 Å². The molecule has 2 amide bonds. The van der Waals surface area contributed by atoms with Crippen LogP contribution in [0.4, 0.5) is 10.5 Å². The number of anilines is 1. The fourth-order valence-electron chi connectivity index (χ4n) is 2.60. The van der Waals surface area contributed by atoms with Crippen LogP contribution in [0.25, 0.3) is 0 Å². The van der Waals surface area contributed by atoms with Gasteiger partial charge in [0.1, 0.15) is 0 Å². The lowest BCUT2D eigenvalue weighted by Crippen LogP contribution is -2.43. The fourth-order valence-corrected chi connectivity index (χ4v) is 3.31. The summed E-state index contributed by atoms with van der Waals surface area (Å²) < 4.78 is 0. The summed E-state index contributed by atoms with van der Waals surface area (Å²) in [5, 5.41) is 12.8. The van der Waals surface area contributed by atoms with E-state index < -0.39 is 0 Å². The smallest absolute Gasteiger partial charge is 0.321 e. The van der Waals surface area contributed by atoms with Gasteiger partial charge < -0.3 is 15.3 Å². The quantitative estimate of drug-likeness (QED) is 0.871. The molecule has 1 aliphatic heterocycles. The number of carbonyl (C=O) groups is 1. The summed E-state index contributed by atoms with van der Waals surface area (Å²) in [7, 11) is 0. The van der Waals surface area contributed by atoms with Gasteiger partial charge in [-0.25, -0.2) is 4.79 Å². The van der Waals surface area contributed by atoms with Gasteiger partial charge in [-0.05, 0) is 41.7 Å². The molecule has 2 rings (SSSR count). The van der Waals surface area contributed by atoms with Gasteiger partial charge in [0.2, 0.25) is 0 Å². The summed E-state index contributed by atoms with van der Waals surface area (Å²) in [6.45, 7) is 5.94. The molecule has 1 aliphatic rings. The molecular formula is C17H26N2O2S. The van der Waals surface area contributed by atoms with Gasteiger partial charge in [0.05, 0.1) is 0 Å². The van der Waals surface area contributed by atoms with Gasteiger partial charge in [-0.3, -0.25) is 0 Å². The van der Waals surface area contributed by atoms with Crippen molar-refractivity contribution in [3.63, 3.8) is 0 Å². The van der Waals surface area contributed by atoms with Crippen molar-refractivity contribution < 1.29 is 9.90 Å². The molecule has 0 aromatic heterocycles. The van der Waals surface area contributed by atoms with Gasteiger partial charge in [-0.2, -0.15) is 11.8 Å². The third kappa shape index (κ3) is 5.21. The third-order valence-electron chi connectivity index (χ3n) is 3.83. The number of piperidine rings is 1. The molecule has 4 nitrogen and oxygen atoms in total. The zero-order valence-corrected chi connectivity index (χ0v) is 14.2. The highest BCUT2D eigenvalue weighted by molar-refractivity contribution is 7.99. The minimum absolute atomic E-state index is 0.0631. The summed E-state index contributed by atoms with van der Waals surface area (Å²) in [6.07, 6.45) is 1.96. The first-order valence-electron chi connectivity index (χ1n) is 7.96. The number of carbonyl (C=O) groups excluding carboxylic acids is 1. The number of hydrogen-bond donors (Lipinski definition) is 2. The van der Waals surface area contributed by atoms with E-state index in [4.69, 9.17) is 0 Å². The van der Waals surface area contributed by atoms with Crippen molar-refractivity contribution in [3.8, 4) is 0 Å². The molecule has 1 atom stereocenters. The summed E-state index contributed by atoms with van der Waals surface area (Å²) >= 11 is 1.89. The maximum atomic E-state index is 12.3. The molecule has 0 aliphatic carbocycles. The van der Waals surface area contributed by atoms with Gasteiger partial charge in [0.25, 0.3) is 0 Å². The predicted molar refractivity (Wildman–Crippen MR) is 93.3 cm³/mol. The first kappa shape index (κ1) is 17.2. The van der Waals surface area contributed by atoms with Crippen LogP contribution in [0.2, 0.25) is 0 Å². The Morgan fingerprint density at radius 1 is 1.50 bits per heavy atom. The van der Waals surface area contributed by atoms with Gasteiger partial charge >= 0.3 is 6.03 Å². The van der Waals surface area contributed by atoms with Gasteiger partial charge in [0.15, 0.2) is 0 Å². The normalized spacial score (nSPS) is 18.5. The Labute approximate surface area is 137 Å². The molecule has 22 heavy (non-hydrogen) atoms. The molecule has 0 saturated carbocycles. The molecular weight excluding hydrogens is 296 g/mol. The second-order valence-corrected chi connectivity index (χ2v) is 7.69. The summed E-state index contributed by atoms with van der Waals surface area (Å²) in [5.74, 6) is 1.17. The molecule has 1 saturated heterocycles. The number of likely N-dealkylation sites (tertiary alicyclic amines) is 1. The Morgan fingerprint density at radius 3 is 3.05 bits per heavy atom. The number of amides is 2. The van der Waals surface area contributed by atoms with Crippen LogP contribution < -0.4 is 5.32 Å². The molecule has 1 fully saturated rings. The lowest BCUT2D eigenvalue weighted by molar-refractivity contribution is 0.136. The van der Waals surface area contributed by atoms with Crippen molar-refractivity contribution >= 4 is 23.5 Å². The zero-order valence-electron chi connectivity index (χ0n) is 13.4. The second kappa shape index (κ2) is 8.44. The predicted octanol–water partition coefficient (Wildman–Crippen LogP) is 3.56. The maximum absolute atomic E-state index is 12.3. The van der Waals surface area contributed by atoms with E-state index in [-0.39, 0.29) is 18.6 Å². The molecule has 0 spiro atoms. The highest BCUT2D eigenvalue weighted by Crippen LogP contribution is 2.21. The van der Waals surface area contributed by atoms with Crippen molar-refractivity contribution in [1.82, 2.24) is 4.90 Å². The topological polar surface area (TPSA) is 52.6 Å². The number of nitrogens with one attached hydrogen (secondary N) is 1. The molecule has 1 unspecified atom stereocenters. The number of thioether (sulfide) groups is 1. The molecule has 5 heteroatoms. The molecule has 2 N–H and O–H groups in total. The largest absolute Gasteiger partial charge is 0.396 e. The summed E-state index contributed by atoms with van der Waals surface area (Å²) in [6, 6.07) is 7.98. The van der Waals surface area contributed by atoms with Crippen molar-refractivity contribution in [3.05, 3.63) is 29.8 Å². The van der Waals surface area contributed by atoms with Crippen molar-refractivity contribution in [2.45, 2.75) is 37.7 Å². The zero-order chi connectivity index (χ0) is 15.9. The number of urea groups is 1. The van der Waals surface area contributed by atoms with E-state index in [1.165, 1.54) is 5.56 Å². The van der Waals surface area contributed by atoms with Crippen molar-refractivity contribution in [1.29, 1.82) is 0 Å². The number of nitrogens with zero attached hydrogens (tertiary/aromatic N) is 1. The van der Waals surface area contributed by atoms with Crippen LogP contribution in [0.15, 0.2) is 24.3 Å². The Hall–Kier alpha value is -1.20. The van der Waals surface area contributed by atoms with Crippen molar-refractivity contribution in [2.24, 2.45) is 5.92 Å². The van der Waals surface area contributed by atoms with Gasteiger partial charge in [0, 0.05) is 31.1 Å². The van der Waals surface area contributed by atoms with E-state index in [0.717, 1.165) is 30.8 Å². The van der Waals surface area contributed by atoms with E-state index in [9.17, 15) is 9.90 Å². The Kier molecular flexibility index (Phi) is 6.58. The van der Waals surface area contributed by atoms with E-state index >= 15 is 0 Å². The van der Waals surface area contributed by atoms with Gasteiger partial charge in [-0.15, -0.1) is 0 Å². The molecule has 0 bridgehead atoms. The second-order valence-electron chi connectivity index (χ2n) is 6.13. The van der Waals surface area contributed by atoms with Crippen LogP contribution in [0.1, 0.15) is 32.3 Å². The number of hydrogen-bond acceptors (Lipinski definition) is 3. The monoisotopic (exact) mass is 322 g/mol. The van der Waals surface area contributed by atoms with Crippen LogP contribution in [0, 0.1) is 5.92 Å². The molecule has 122 valence electrons. The Balaban J connectivity index is 1.92. The highest BCUT2D eigenvalue weighted by Gasteiger charge is 2.23. The minimum atomic E-state index is -0.0631. The average molecular weight is 322 g/mol. The number of aliphatic hydroxyl groups is 1. The molecule has 1 heterocycles. The van der Waals surface area contributed by atoms with Crippen LogP contribution in [-0.2, 0) is 5.75 Å². The Bertz CT molecular complexity index is 493. The van der Waals surface area contributed by atoms with E-state index in [1.54, 1.807) is 4.90 Å². The van der Waals surface area contributed by atoms with Gasteiger partial charge in [-0.1, -0.05) is 26.0 Å². The first-order chi connectivity index (χ1) is 10.6. The van der Waals surface area contributed by atoms with Crippen LogP contribution >= 0.6 is 11.8 Å². The summed E-state index contributed by atoms with van der Waals surface area (Å²) in [4.78, 5) is 14.1. The molecule has 1 aromatic rings. The molecule has 0 radical (unpaired) electrons. The number of rotatable bonds is 5. The van der Waals surface area contributed by atoms with E-state index in [1.807, 2.05) is 30.0 Å². The van der Waals surface area contributed by atoms with Crippen LogP contribution in [0.5, 0.6) is 0 Å². The highest BCUT2D eigenvalue weighted by atomic mass is 32.2. The third-order valence-corrected chi connectivity index (χ3v) is 4.99. The fraction of sp³-hybridized carbons (Fsp3) is 0.588. The van der Waals surface area contributed by atoms with E-state index in [2.05, 4.69) is 25.2 Å². The standard InChI is InChI=1S/C17H26N2O2S/c1-13(2)22-12-14-5-3-7-16(9-14)18-17(21)19-8-4-6-15(10-19)11-20/h3,5,7,9,13,15,20H,4,6,8,10-12H2,1-2H3,(H,18,21). The van der Waals surface area contributed by atoms with Crippen molar-refractivity contribution in [2.75, 3.05) is 25.0 Å². The lowest BCUT2D eigenvalue weighted by Gasteiger charge is -2.31. The Morgan fingerprint density at radius 2 is 2.32 bits per heavy atom. The first-order valence-corrected chi connectivity index (χ1v) is 9.00. The van der Waals surface area contributed by atoms with Crippen LogP contribution in [0.3, 0.4) is 0 Å². The summed E-state index contributed by atoms with van der Waals surface area (Å²) in [5.41, 5.74) is 2.07. The molecule has 1 aromatic carbocycles. The minimum Gasteiger partial charge on any atom is -0.396 e. The SMILES string of the molecule is CC(C)SCc1cccc(NC(=O)N2CCCC(CO)C2)c1. The number of benzene rings is 1. The average Bonchev–Trinajstić information content (AvgIpc) is 2.53. The number of aliphatic hydroxyl groups excluding tert-OH is 1. The lowest BCUT2D eigenvalue weighted by atomic mass is 9.99. The maximum Gasteiger partial charge on any atom is 0.321 e.